The molecule has 0 saturated heterocycles. The summed E-state index contributed by atoms with van der Waals surface area (Å²) in [4.78, 5) is 0. The summed E-state index contributed by atoms with van der Waals surface area (Å²) in [6.45, 7) is 9.74. The highest BCUT2D eigenvalue weighted by Gasteiger charge is 2.31. The third kappa shape index (κ3) is 2.71. The van der Waals surface area contributed by atoms with Crippen molar-refractivity contribution in [3.05, 3.63) is 29.3 Å². The molecule has 0 aromatic heterocycles. The Balaban J connectivity index is 2.37. The Morgan fingerprint density at radius 1 is 1.17 bits per heavy atom. The summed E-state index contributed by atoms with van der Waals surface area (Å²) >= 11 is 0. The van der Waals surface area contributed by atoms with Gasteiger partial charge in [-0.25, -0.2) is 0 Å². The molecular weight excluding hydrogens is 220 g/mol. The Morgan fingerprint density at radius 2 is 1.83 bits per heavy atom. The molecule has 1 fully saturated rings. The van der Waals surface area contributed by atoms with E-state index in [0.717, 1.165) is 12.5 Å². The van der Waals surface area contributed by atoms with Crippen LogP contribution in [0.25, 0.3) is 0 Å². The summed E-state index contributed by atoms with van der Waals surface area (Å²) < 4.78 is 5.99. The number of hydrogen-bond acceptors (Lipinski definition) is 1. The van der Waals surface area contributed by atoms with Crippen LogP contribution in [-0.2, 0) is 0 Å². The molecule has 1 nitrogen and oxygen atoms in total. The van der Waals surface area contributed by atoms with Gasteiger partial charge < -0.3 is 4.74 Å². The van der Waals surface area contributed by atoms with Gasteiger partial charge in [0.2, 0.25) is 0 Å². The van der Waals surface area contributed by atoms with Crippen LogP contribution in [0.4, 0.5) is 0 Å². The van der Waals surface area contributed by atoms with Crippen molar-refractivity contribution in [2.75, 3.05) is 6.61 Å². The van der Waals surface area contributed by atoms with Gasteiger partial charge in [-0.05, 0) is 55.1 Å². The summed E-state index contributed by atoms with van der Waals surface area (Å²) in [5.74, 6) is 3.29. The Labute approximate surface area is 112 Å². The number of para-hydroxylation sites is 1. The maximum atomic E-state index is 5.99. The maximum Gasteiger partial charge on any atom is 0.126 e. The first-order valence-corrected chi connectivity index (χ1v) is 7.44. The van der Waals surface area contributed by atoms with Crippen molar-refractivity contribution in [1.82, 2.24) is 0 Å². The van der Waals surface area contributed by atoms with E-state index in [1.807, 2.05) is 0 Å². The van der Waals surface area contributed by atoms with E-state index in [4.69, 9.17) is 4.74 Å². The Morgan fingerprint density at radius 3 is 2.39 bits per heavy atom. The second-order valence-corrected chi connectivity index (χ2v) is 5.63. The smallest absolute Gasteiger partial charge is 0.126 e. The average Bonchev–Trinajstić information content (AvgIpc) is 3.22. The van der Waals surface area contributed by atoms with Crippen molar-refractivity contribution >= 4 is 0 Å². The van der Waals surface area contributed by atoms with Crippen LogP contribution < -0.4 is 4.74 Å². The van der Waals surface area contributed by atoms with E-state index in [2.05, 4.69) is 45.9 Å². The standard InChI is InChI=1S/C17H26O/c1-5-12(3)15-8-7-9-16(17(15)18-6-2)13(4)14-10-11-14/h7-9,12-14H,5-6,10-11H2,1-4H3/t12-,13+/m1/s1. The fourth-order valence-electron chi connectivity index (χ4n) is 2.70. The topological polar surface area (TPSA) is 9.23 Å². The molecule has 2 rings (SSSR count). The predicted octanol–water partition coefficient (Wildman–Crippen LogP) is 5.11. The van der Waals surface area contributed by atoms with Crippen molar-refractivity contribution in [3.8, 4) is 5.75 Å². The van der Waals surface area contributed by atoms with E-state index in [9.17, 15) is 0 Å². The van der Waals surface area contributed by atoms with Gasteiger partial charge in [0.05, 0.1) is 6.61 Å². The highest BCUT2D eigenvalue weighted by Crippen LogP contribution is 2.46. The minimum atomic E-state index is 0.581. The summed E-state index contributed by atoms with van der Waals surface area (Å²) in [6, 6.07) is 6.71. The predicted molar refractivity (Wildman–Crippen MR) is 77.5 cm³/mol. The first kappa shape index (κ1) is 13.5. The number of hydrogen-bond donors (Lipinski definition) is 0. The molecule has 0 unspecified atom stereocenters. The molecule has 1 aromatic carbocycles. The zero-order valence-electron chi connectivity index (χ0n) is 12.2. The molecule has 1 aliphatic carbocycles. The van der Waals surface area contributed by atoms with Crippen molar-refractivity contribution in [2.45, 2.75) is 58.8 Å². The van der Waals surface area contributed by atoms with Gasteiger partial charge in [-0.1, -0.05) is 39.0 Å². The molecule has 0 amide bonds. The van der Waals surface area contributed by atoms with Crippen molar-refractivity contribution in [3.63, 3.8) is 0 Å². The lowest BCUT2D eigenvalue weighted by Crippen LogP contribution is -2.06. The van der Waals surface area contributed by atoms with Gasteiger partial charge in [-0.15, -0.1) is 0 Å². The van der Waals surface area contributed by atoms with Gasteiger partial charge in [0.15, 0.2) is 0 Å². The lowest BCUT2D eigenvalue weighted by molar-refractivity contribution is 0.327. The van der Waals surface area contributed by atoms with Crippen LogP contribution in [0.1, 0.15) is 69.9 Å². The van der Waals surface area contributed by atoms with Crippen LogP contribution in [0.15, 0.2) is 18.2 Å². The first-order chi connectivity index (χ1) is 8.69. The SMILES string of the molecule is CCOc1c([C@H](C)CC)cccc1[C@@H](C)C1CC1. The van der Waals surface area contributed by atoms with Crippen LogP contribution in [0.2, 0.25) is 0 Å². The van der Waals surface area contributed by atoms with Gasteiger partial charge in [0, 0.05) is 0 Å². The second-order valence-electron chi connectivity index (χ2n) is 5.63. The molecule has 2 atom stereocenters. The highest BCUT2D eigenvalue weighted by atomic mass is 16.5. The molecule has 0 radical (unpaired) electrons. The molecule has 18 heavy (non-hydrogen) atoms. The molecule has 1 aromatic rings. The van der Waals surface area contributed by atoms with Gasteiger partial charge in [-0.2, -0.15) is 0 Å². The van der Waals surface area contributed by atoms with E-state index in [0.29, 0.717) is 11.8 Å². The fraction of sp³-hybridized carbons (Fsp3) is 0.647. The summed E-state index contributed by atoms with van der Waals surface area (Å²) in [6.07, 6.45) is 3.95. The lowest BCUT2D eigenvalue weighted by atomic mass is 9.89. The highest BCUT2D eigenvalue weighted by molar-refractivity contribution is 5.45. The average molecular weight is 246 g/mol. The second kappa shape index (κ2) is 5.77. The van der Waals surface area contributed by atoms with Crippen LogP contribution in [0.3, 0.4) is 0 Å². The van der Waals surface area contributed by atoms with Crippen molar-refractivity contribution in [2.24, 2.45) is 5.92 Å². The van der Waals surface area contributed by atoms with E-state index >= 15 is 0 Å². The monoisotopic (exact) mass is 246 g/mol. The normalized spacial score (nSPS) is 18.4. The Kier molecular flexibility index (Phi) is 4.31. The fourth-order valence-corrected chi connectivity index (χ4v) is 2.70. The third-order valence-corrected chi connectivity index (χ3v) is 4.33. The van der Waals surface area contributed by atoms with Crippen LogP contribution in [0.5, 0.6) is 5.75 Å². The third-order valence-electron chi connectivity index (χ3n) is 4.33. The summed E-state index contributed by atoms with van der Waals surface area (Å²) in [5.41, 5.74) is 2.82. The van der Waals surface area contributed by atoms with Crippen LogP contribution in [-0.4, -0.2) is 6.61 Å². The minimum absolute atomic E-state index is 0.581. The van der Waals surface area contributed by atoms with Crippen molar-refractivity contribution < 1.29 is 4.74 Å². The summed E-state index contributed by atoms with van der Waals surface area (Å²) in [7, 11) is 0. The molecule has 0 aliphatic heterocycles. The van der Waals surface area contributed by atoms with E-state index < -0.39 is 0 Å². The molecule has 1 heteroatoms. The Bertz CT molecular complexity index is 393. The summed E-state index contributed by atoms with van der Waals surface area (Å²) in [5, 5.41) is 0. The zero-order valence-corrected chi connectivity index (χ0v) is 12.2. The first-order valence-electron chi connectivity index (χ1n) is 7.44. The van der Waals surface area contributed by atoms with E-state index in [1.165, 1.54) is 36.1 Å². The molecular formula is C17H26O. The van der Waals surface area contributed by atoms with Gasteiger partial charge in [0.1, 0.15) is 5.75 Å². The maximum absolute atomic E-state index is 5.99. The van der Waals surface area contributed by atoms with Crippen LogP contribution >= 0.6 is 0 Å². The number of rotatable bonds is 6. The van der Waals surface area contributed by atoms with Gasteiger partial charge in [0.25, 0.3) is 0 Å². The minimum Gasteiger partial charge on any atom is -0.493 e. The van der Waals surface area contributed by atoms with Crippen LogP contribution in [0, 0.1) is 5.92 Å². The van der Waals surface area contributed by atoms with E-state index in [-0.39, 0.29) is 0 Å². The molecule has 100 valence electrons. The number of benzene rings is 1. The van der Waals surface area contributed by atoms with Gasteiger partial charge >= 0.3 is 0 Å². The number of ether oxygens (including phenoxy) is 1. The van der Waals surface area contributed by atoms with E-state index in [1.54, 1.807) is 0 Å². The molecule has 0 N–H and O–H groups in total. The molecule has 0 bridgehead atoms. The van der Waals surface area contributed by atoms with Gasteiger partial charge in [-0.3, -0.25) is 0 Å². The molecule has 1 aliphatic rings. The molecule has 0 spiro atoms. The lowest BCUT2D eigenvalue weighted by Gasteiger charge is -2.22. The quantitative estimate of drug-likeness (QED) is 0.677. The largest absolute Gasteiger partial charge is 0.493 e. The van der Waals surface area contributed by atoms with Crippen molar-refractivity contribution in [1.29, 1.82) is 0 Å². The Hall–Kier alpha value is -0.980. The molecule has 0 heterocycles. The molecule has 1 saturated carbocycles. The zero-order chi connectivity index (χ0) is 13.1.